The molecule has 4 saturated carbocycles. The summed E-state index contributed by atoms with van der Waals surface area (Å²) in [6, 6.07) is 10.1. The summed E-state index contributed by atoms with van der Waals surface area (Å²) < 4.78 is 0. The summed E-state index contributed by atoms with van der Waals surface area (Å²) in [6.45, 7) is 4.81. The number of fused-ring (bicyclic) bond motifs is 2. The number of nitrogens with two attached hydrogens (primary N) is 1. The van der Waals surface area contributed by atoms with E-state index in [1.807, 2.05) is 6.07 Å². The standard InChI is InChI=1S/C33H42N4O3/c1-19(15-22-16-20-7-3-4-10-27(20)36-22)31-13-5-8-21(37-30(34)35-2)18-33(40)28(38)17-26-29(33)25(31)12-11-24-23(31)9-6-14-32(24,26)39/h3-4,7,10,16,21,23-26,28-29,36,38-40H,1,6,9,11-15,17-18H2,2H3,(H3,34,35,37)/t21-,23-,24-,25-,26+,28+,29+,31+,32-,33+/m1/s1. The predicted octanol–water partition coefficient (Wildman–Crippen LogP) is 3.25. The third-order valence-corrected chi connectivity index (χ3v) is 11.9. The van der Waals surface area contributed by atoms with Crippen molar-refractivity contribution in [2.24, 2.45) is 45.7 Å². The van der Waals surface area contributed by atoms with E-state index in [0.29, 0.717) is 19.3 Å². The maximum absolute atomic E-state index is 12.6. The minimum absolute atomic E-state index is 0.0788. The minimum Gasteiger partial charge on any atom is -0.390 e. The Balaban J connectivity index is 1.39. The van der Waals surface area contributed by atoms with E-state index < -0.39 is 23.3 Å². The zero-order valence-corrected chi connectivity index (χ0v) is 23.4. The van der Waals surface area contributed by atoms with Gasteiger partial charge >= 0.3 is 0 Å². The molecule has 40 heavy (non-hydrogen) atoms. The molecule has 6 bridgehead atoms. The highest BCUT2D eigenvalue weighted by Crippen LogP contribution is 2.72. The normalized spacial score (nSPS) is 43.7. The van der Waals surface area contributed by atoms with E-state index in [-0.39, 0.29) is 47.4 Å². The van der Waals surface area contributed by atoms with Crippen LogP contribution in [0.25, 0.3) is 10.9 Å². The molecular weight excluding hydrogens is 500 g/mol. The summed E-state index contributed by atoms with van der Waals surface area (Å²) >= 11 is 0. The first kappa shape index (κ1) is 26.1. The lowest BCUT2D eigenvalue weighted by molar-refractivity contribution is -0.135. The molecule has 7 nitrogen and oxygen atoms in total. The summed E-state index contributed by atoms with van der Waals surface area (Å²) in [5.74, 6) is 7.23. The molecule has 7 rings (SSSR count). The van der Waals surface area contributed by atoms with E-state index in [9.17, 15) is 15.3 Å². The van der Waals surface area contributed by atoms with Crippen LogP contribution in [0.15, 0.2) is 47.5 Å². The van der Waals surface area contributed by atoms with Crippen molar-refractivity contribution in [1.82, 2.24) is 10.3 Å². The van der Waals surface area contributed by atoms with Gasteiger partial charge in [-0.15, -0.1) is 5.92 Å². The quantitative estimate of drug-likeness (QED) is 0.153. The van der Waals surface area contributed by atoms with Crippen LogP contribution in [0.1, 0.15) is 57.1 Å². The first-order chi connectivity index (χ1) is 19.2. The van der Waals surface area contributed by atoms with Crippen LogP contribution in [0.2, 0.25) is 0 Å². The van der Waals surface area contributed by atoms with Gasteiger partial charge in [-0.2, -0.15) is 0 Å². The van der Waals surface area contributed by atoms with E-state index >= 15 is 0 Å². The number of hydrogen-bond acceptors (Lipinski definition) is 4. The lowest BCUT2D eigenvalue weighted by Gasteiger charge is -2.57. The summed E-state index contributed by atoms with van der Waals surface area (Å²) in [6.07, 6.45) is 5.63. The molecule has 7 heteroatoms. The molecule has 0 amide bonds. The maximum atomic E-state index is 12.6. The molecule has 0 saturated heterocycles. The number of guanidine groups is 1. The third-order valence-electron chi connectivity index (χ3n) is 11.9. The second kappa shape index (κ2) is 9.11. The van der Waals surface area contributed by atoms with Gasteiger partial charge in [0.05, 0.1) is 23.3 Å². The molecule has 2 aromatic rings. The van der Waals surface area contributed by atoms with Crippen molar-refractivity contribution in [3.63, 3.8) is 0 Å². The summed E-state index contributed by atoms with van der Waals surface area (Å²) in [5, 5.41) is 41.1. The number of hydrogen-bond donors (Lipinski definition) is 6. The molecule has 7 N–H and O–H groups in total. The first-order valence-electron chi connectivity index (χ1n) is 15.1. The van der Waals surface area contributed by atoms with Crippen LogP contribution < -0.4 is 11.1 Å². The van der Waals surface area contributed by atoms with E-state index in [0.717, 1.165) is 48.9 Å². The molecule has 10 atom stereocenters. The van der Waals surface area contributed by atoms with Gasteiger partial charge in [-0.1, -0.05) is 42.7 Å². The Labute approximate surface area is 236 Å². The monoisotopic (exact) mass is 542 g/mol. The second-order valence-corrected chi connectivity index (χ2v) is 13.4. The molecule has 212 valence electrons. The van der Waals surface area contributed by atoms with Crippen molar-refractivity contribution < 1.29 is 15.3 Å². The number of para-hydroxylation sites is 1. The Morgan fingerprint density at radius 2 is 1.95 bits per heavy atom. The lowest BCUT2D eigenvalue weighted by atomic mass is 9.47. The number of nitrogens with zero attached hydrogens (tertiary/aromatic N) is 1. The van der Waals surface area contributed by atoms with Gasteiger partial charge in [-0.05, 0) is 79.2 Å². The molecule has 1 heterocycles. The number of aromatic nitrogens is 1. The van der Waals surface area contributed by atoms with Crippen molar-refractivity contribution in [2.75, 3.05) is 7.05 Å². The van der Waals surface area contributed by atoms with Gasteiger partial charge in [0.25, 0.3) is 0 Å². The number of aliphatic hydroxyl groups is 3. The minimum atomic E-state index is -1.39. The topological polar surface area (TPSA) is 127 Å². The Kier molecular flexibility index (Phi) is 5.95. The number of rotatable bonds is 4. The molecule has 1 aromatic heterocycles. The second-order valence-electron chi connectivity index (χ2n) is 13.4. The molecule has 0 spiro atoms. The summed E-state index contributed by atoms with van der Waals surface area (Å²) in [4.78, 5) is 7.67. The fourth-order valence-corrected chi connectivity index (χ4v) is 10.4. The Morgan fingerprint density at radius 1 is 1.15 bits per heavy atom. The van der Waals surface area contributed by atoms with Crippen LogP contribution in [0.5, 0.6) is 0 Å². The highest BCUT2D eigenvalue weighted by atomic mass is 16.3. The van der Waals surface area contributed by atoms with Crippen LogP contribution >= 0.6 is 0 Å². The van der Waals surface area contributed by atoms with Crippen molar-refractivity contribution in [1.29, 1.82) is 0 Å². The number of aromatic amines is 1. The number of aliphatic hydroxyl groups excluding tert-OH is 1. The predicted molar refractivity (Wildman–Crippen MR) is 156 cm³/mol. The third kappa shape index (κ3) is 3.52. The molecule has 5 aliphatic rings. The Hall–Kier alpha value is -2.79. The fraction of sp³-hybridized carbons (Fsp3) is 0.606. The molecular formula is C33H42N4O3. The zero-order chi connectivity index (χ0) is 27.9. The maximum Gasteiger partial charge on any atom is 0.189 e. The number of H-pyrrole nitrogens is 1. The van der Waals surface area contributed by atoms with E-state index in [2.05, 4.69) is 51.4 Å². The van der Waals surface area contributed by atoms with E-state index in [1.165, 1.54) is 5.39 Å². The average Bonchev–Trinajstić information content (AvgIpc) is 3.42. The van der Waals surface area contributed by atoms with Crippen molar-refractivity contribution in [2.45, 2.75) is 81.1 Å². The van der Waals surface area contributed by atoms with Gasteiger partial charge in [0.15, 0.2) is 5.96 Å². The van der Waals surface area contributed by atoms with Crippen LogP contribution in [-0.2, 0) is 6.42 Å². The highest BCUT2D eigenvalue weighted by molar-refractivity contribution is 5.80. The molecule has 0 unspecified atom stereocenters. The number of benzene rings is 1. The van der Waals surface area contributed by atoms with Gasteiger partial charge < -0.3 is 31.4 Å². The Morgan fingerprint density at radius 3 is 2.75 bits per heavy atom. The Bertz CT molecular complexity index is 1400. The molecule has 0 radical (unpaired) electrons. The van der Waals surface area contributed by atoms with Gasteiger partial charge in [-0.3, -0.25) is 4.99 Å². The smallest absolute Gasteiger partial charge is 0.189 e. The van der Waals surface area contributed by atoms with Crippen LogP contribution in [0.4, 0.5) is 0 Å². The van der Waals surface area contributed by atoms with Gasteiger partial charge in [0, 0.05) is 42.9 Å². The molecule has 4 fully saturated rings. The molecule has 0 aliphatic heterocycles. The SMILES string of the molecule is C=C(Cc1cc2ccccc2[nH]1)[C@]12CC#C[C@@H](NC(N)=NC)C[C@@]3(O)[C@H]4[C@H]1CC[C@@H]1[C@H]2CCC[C@]1(O)[C@H]4C[C@@H]3O. The van der Waals surface area contributed by atoms with Crippen LogP contribution in [0.3, 0.4) is 0 Å². The average molecular weight is 543 g/mol. The van der Waals surface area contributed by atoms with Gasteiger partial charge in [0.2, 0.25) is 0 Å². The summed E-state index contributed by atoms with van der Waals surface area (Å²) in [5.41, 5.74) is 6.79. The van der Waals surface area contributed by atoms with E-state index in [4.69, 9.17) is 12.3 Å². The van der Waals surface area contributed by atoms with Crippen molar-refractivity contribution in [3.05, 3.63) is 48.2 Å². The number of allylic oxidation sites excluding steroid dienone is 1. The fourth-order valence-electron chi connectivity index (χ4n) is 10.4. The van der Waals surface area contributed by atoms with E-state index in [1.54, 1.807) is 7.05 Å². The number of nitrogens with one attached hydrogen (secondary N) is 2. The first-order valence-corrected chi connectivity index (χ1v) is 15.1. The molecule has 5 aliphatic carbocycles. The van der Waals surface area contributed by atoms with Crippen molar-refractivity contribution in [3.8, 4) is 11.8 Å². The lowest BCUT2D eigenvalue weighted by Crippen LogP contribution is -2.56. The largest absolute Gasteiger partial charge is 0.390 e. The van der Waals surface area contributed by atoms with Crippen molar-refractivity contribution >= 4 is 16.9 Å². The highest BCUT2D eigenvalue weighted by Gasteiger charge is 2.73. The molecule has 1 aromatic carbocycles. The van der Waals surface area contributed by atoms with Gasteiger partial charge in [0.1, 0.15) is 0 Å². The van der Waals surface area contributed by atoms with Gasteiger partial charge in [-0.25, -0.2) is 0 Å². The summed E-state index contributed by atoms with van der Waals surface area (Å²) in [7, 11) is 1.62. The van der Waals surface area contributed by atoms with Crippen LogP contribution in [0, 0.1) is 46.8 Å². The zero-order valence-electron chi connectivity index (χ0n) is 23.4. The number of aliphatic imine (C=N–C) groups is 1. The van der Waals surface area contributed by atoms with Crippen LogP contribution in [-0.4, -0.2) is 56.7 Å².